The highest BCUT2D eigenvalue weighted by Crippen LogP contribution is 2.15. The summed E-state index contributed by atoms with van der Waals surface area (Å²) < 4.78 is 5.66. The van der Waals surface area contributed by atoms with Gasteiger partial charge in [-0.1, -0.05) is 0 Å². The Morgan fingerprint density at radius 3 is 2.77 bits per heavy atom. The number of nitrogens with one attached hydrogen (secondary N) is 2. The van der Waals surface area contributed by atoms with E-state index >= 15 is 0 Å². The minimum Gasteiger partial charge on any atom is -0.628 e. The van der Waals surface area contributed by atoms with Crippen molar-refractivity contribution >= 4 is 11.8 Å². The Hall–Kier alpha value is -1.55. The van der Waals surface area contributed by atoms with E-state index in [0.29, 0.717) is 17.7 Å². The van der Waals surface area contributed by atoms with Gasteiger partial charge in [0.1, 0.15) is 11.5 Å². The third kappa shape index (κ3) is 6.94. The molecular formula is C13H22N4O4S. The van der Waals surface area contributed by atoms with Crippen molar-refractivity contribution in [2.75, 3.05) is 33.4 Å². The van der Waals surface area contributed by atoms with Gasteiger partial charge in [0.25, 0.3) is 5.82 Å². The van der Waals surface area contributed by atoms with Crippen molar-refractivity contribution in [3.8, 4) is 0 Å². The third-order valence-corrected chi connectivity index (χ3v) is 3.69. The number of hydrogen-bond donors (Lipinski definition) is 2. The molecule has 0 amide bonds. The molecular weight excluding hydrogens is 308 g/mol. The molecule has 1 unspecified atom stereocenters. The molecule has 124 valence electrons. The van der Waals surface area contributed by atoms with E-state index in [2.05, 4.69) is 5.32 Å². The molecule has 2 N–H and O–H groups in total. The number of thioether (sulfide) groups is 1. The minimum atomic E-state index is -0.633. The van der Waals surface area contributed by atoms with Crippen LogP contribution in [-0.4, -0.2) is 43.3 Å². The summed E-state index contributed by atoms with van der Waals surface area (Å²) in [5.74, 6) is 3.05. The maximum absolute atomic E-state index is 11.8. The third-order valence-electron chi connectivity index (χ3n) is 2.71. The lowest BCUT2D eigenvalue weighted by Gasteiger charge is -2.21. The first-order valence-electron chi connectivity index (χ1n) is 6.78. The molecule has 0 aliphatic heterocycles. The van der Waals surface area contributed by atoms with Crippen LogP contribution in [0.15, 0.2) is 28.6 Å². The fourth-order valence-corrected chi connectivity index (χ4v) is 2.58. The Morgan fingerprint density at radius 1 is 1.50 bits per heavy atom. The first-order chi connectivity index (χ1) is 10.4. The summed E-state index contributed by atoms with van der Waals surface area (Å²) in [7, 11) is 5.44. The zero-order valence-corrected chi connectivity index (χ0v) is 13.8. The average Bonchev–Trinajstić information content (AvgIpc) is 2.87. The quantitative estimate of drug-likeness (QED) is 0.360. The molecule has 8 nitrogen and oxygen atoms in total. The highest BCUT2D eigenvalue weighted by Gasteiger charge is 2.10. The highest BCUT2D eigenvalue weighted by atomic mass is 32.2. The van der Waals surface area contributed by atoms with Crippen molar-refractivity contribution in [1.82, 2.24) is 10.2 Å². The summed E-state index contributed by atoms with van der Waals surface area (Å²) in [6.07, 6.45) is 0.701. The standard InChI is InChI=1S/C13H22N4O4S/c1-14-13(9-17(19)20)16(18)6-7-22-10-12-5-4-11(21-12)8-15(2)3/h4-5,9,14,16H,6-8,10H2,1-3H3/b13-9-. The van der Waals surface area contributed by atoms with Gasteiger partial charge in [-0.05, 0) is 26.2 Å². The van der Waals surface area contributed by atoms with E-state index < -0.39 is 4.92 Å². The Morgan fingerprint density at radius 2 is 2.18 bits per heavy atom. The molecule has 0 radical (unpaired) electrons. The van der Waals surface area contributed by atoms with Crippen molar-refractivity contribution in [1.29, 1.82) is 0 Å². The van der Waals surface area contributed by atoms with E-state index in [9.17, 15) is 15.3 Å². The van der Waals surface area contributed by atoms with E-state index in [1.807, 2.05) is 31.1 Å². The van der Waals surface area contributed by atoms with Crippen LogP contribution < -0.4 is 10.4 Å². The predicted octanol–water partition coefficient (Wildman–Crippen LogP) is 0.252. The second-order valence-corrected chi connectivity index (χ2v) is 6.01. The molecule has 0 fully saturated rings. The van der Waals surface area contributed by atoms with E-state index in [1.165, 1.54) is 7.05 Å². The van der Waals surface area contributed by atoms with Gasteiger partial charge in [-0.25, -0.2) is 0 Å². The first-order valence-corrected chi connectivity index (χ1v) is 7.94. The Balaban J connectivity index is 2.32. The lowest BCUT2D eigenvalue weighted by atomic mass is 10.4. The number of furan rings is 1. The first kappa shape index (κ1) is 18.5. The SMILES string of the molecule is CN/C(=C/[N+](=O)[O-])[NH+]([O-])CCSCc1ccc(CN(C)C)o1. The monoisotopic (exact) mass is 330 g/mol. The van der Waals surface area contributed by atoms with Gasteiger partial charge in [0, 0.05) is 12.8 Å². The zero-order chi connectivity index (χ0) is 16.5. The lowest BCUT2D eigenvalue weighted by molar-refractivity contribution is -0.809. The molecule has 1 aromatic rings. The van der Waals surface area contributed by atoms with Crippen LogP contribution in [0.2, 0.25) is 0 Å². The fraction of sp³-hybridized carbons (Fsp3) is 0.538. The highest BCUT2D eigenvalue weighted by molar-refractivity contribution is 7.98. The molecule has 0 aliphatic rings. The molecule has 0 aliphatic carbocycles. The van der Waals surface area contributed by atoms with Crippen LogP contribution in [0.3, 0.4) is 0 Å². The van der Waals surface area contributed by atoms with Gasteiger partial charge in [0.05, 0.1) is 23.8 Å². The van der Waals surface area contributed by atoms with Crippen LogP contribution in [0, 0.1) is 15.3 Å². The number of hydroxylamine groups is 2. The molecule has 0 saturated carbocycles. The fourth-order valence-electron chi connectivity index (χ4n) is 1.75. The van der Waals surface area contributed by atoms with Crippen molar-refractivity contribution in [3.05, 3.63) is 51.0 Å². The Labute approximate surface area is 133 Å². The minimum absolute atomic E-state index is 0.0249. The Bertz CT molecular complexity index is 504. The second-order valence-electron chi connectivity index (χ2n) is 4.91. The molecule has 9 heteroatoms. The van der Waals surface area contributed by atoms with Gasteiger partial charge in [0.2, 0.25) is 0 Å². The summed E-state index contributed by atoms with van der Waals surface area (Å²) >= 11 is 1.56. The molecule has 0 spiro atoms. The van der Waals surface area contributed by atoms with Gasteiger partial charge in [-0.2, -0.15) is 0 Å². The second kappa shape index (κ2) is 9.46. The van der Waals surface area contributed by atoms with Gasteiger partial charge >= 0.3 is 6.20 Å². The van der Waals surface area contributed by atoms with Crippen molar-refractivity contribution in [2.24, 2.45) is 0 Å². The maximum Gasteiger partial charge on any atom is 0.312 e. The molecule has 1 rings (SSSR count). The number of nitrogens with zero attached hydrogens (tertiary/aromatic N) is 2. The Kier molecular flexibility index (Phi) is 7.96. The topological polar surface area (TPSA) is 99.0 Å². The van der Waals surface area contributed by atoms with Gasteiger partial charge in [-0.15, -0.1) is 11.8 Å². The van der Waals surface area contributed by atoms with E-state index in [0.717, 1.165) is 18.1 Å². The van der Waals surface area contributed by atoms with E-state index in [1.54, 1.807) is 11.8 Å². The van der Waals surface area contributed by atoms with Crippen LogP contribution in [0.5, 0.6) is 0 Å². The molecule has 0 bridgehead atoms. The number of hydrogen-bond acceptors (Lipinski definition) is 7. The normalized spacial score (nSPS) is 13.4. The average molecular weight is 330 g/mol. The summed E-state index contributed by atoms with van der Waals surface area (Å²) in [5, 5.41) is 24.4. The van der Waals surface area contributed by atoms with Crippen LogP contribution >= 0.6 is 11.8 Å². The lowest BCUT2D eigenvalue weighted by Crippen LogP contribution is -3.07. The number of nitro groups is 1. The van der Waals surface area contributed by atoms with Gasteiger partial charge < -0.3 is 24.9 Å². The summed E-state index contributed by atoms with van der Waals surface area (Å²) in [6.45, 7) is 0.997. The molecule has 0 aromatic carbocycles. The zero-order valence-electron chi connectivity index (χ0n) is 13.0. The van der Waals surface area contributed by atoms with Crippen LogP contribution in [0.25, 0.3) is 0 Å². The van der Waals surface area contributed by atoms with Gasteiger partial charge in [0.15, 0.2) is 0 Å². The summed E-state index contributed by atoms with van der Waals surface area (Å²) in [4.78, 5) is 11.8. The molecule has 0 saturated heterocycles. The largest absolute Gasteiger partial charge is 0.628 e. The maximum atomic E-state index is 11.8. The van der Waals surface area contributed by atoms with E-state index in [-0.39, 0.29) is 17.4 Å². The van der Waals surface area contributed by atoms with E-state index in [4.69, 9.17) is 4.42 Å². The number of rotatable bonds is 10. The molecule has 22 heavy (non-hydrogen) atoms. The smallest absolute Gasteiger partial charge is 0.312 e. The predicted molar refractivity (Wildman–Crippen MR) is 85.6 cm³/mol. The van der Waals surface area contributed by atoms with Crippen LogP contribution in [0.4, 0.5) is 0 Å². The number of quaternary nitrogens is 1. The molecule has 1 aromatic heterocycles. The molecule has 1 heterocycles. The molecule has 1 atom stereocenters. The van der Waals surface area contributed by atoms with Crippen molar-refractivity contribution in [2.45, 2.75) is 12.3 Å². The van der Waals surface area contributed by atoms with Gasteiger partial charge in [-0.3, -0.25) is 10.1 Å². The van der Waals surface area contributed by atoms with Crippen LogP contribution in [0.1, 0.15) is 11.5 Å². The summed E-state index contributed by atoms with van der Waals surface area (Å²) in [6, 6.07) is 3.87. The van der Waals surface area contributed by atoms with Crippen molar-refractivity contribution < 1.29 is 14.4 Å². The summed E-state index contributed by atoms with van der Waals surface area (Å²) in [5.41, 5.74) is 0. The van der Waals surface area contributed by atoms with Crippen LogP contribution in [-0.2, 0) is 12.3 Å². The van der Waals surface area contributed by atoms with Crippen molar-refractivity contribution in [3.63, 3.8) is 0 Å².